The lowest BCUT2D eigenvalue weighted by molar-refractivity contribution is -0.120. The molecule has 3 aromatic rings. The van der Waals surface area contributed by atoms with E-state index in [-0.39, 0.29) is 11.9 Å². The van der Waals surface area contributed by atoms with E-state index in [0.29, 0.717) is 39.3 Å². The number of hydrogen-bond donors (Lipinski definition) is 1. The molecule has 170 valence electrons. The number of anilines is 1. The Bertz CT molecular complexity index is 1120. The van der Waals surface area contributed by atoms with Gasteiger partial charge in [-0.2, -0.15) is 5.10 Å². The molecule has 2 aromatic carbocycles. The van der Waals surface area contributed by atoms with Gasteiger partial charge in [-0.1, -0.05) is 30.3 Å². The maximum Gasteiger partial charge on any atom is 0.317 e. The number of para-hydroxylation sites is 1. The van der Waals surface area contributed by atoms with E-state index in [1.165, 1.54) is 5.56 Å². The molecule has 1 aromatic heterocycles. The number of amides is 3. The van der Waals surface area contributed by atoms with Gasteiger partial charge >= 0.3 is 6.03 Å². The summed E-state index contributed by atoms with van der Waals surface area (Å²) < 4.78 is 1.80. The Morgan fingerprint density at radius 1 is 0.939 bits per heavy atom. The van der Waals surface area contributed by atoms with Crippen LogP contribution in [0.2, 0.25) is 0 Å². The van der Waals surface area contributed by atoms with E-state index in [4.69, 9.17) is 0 Å². The van der Waals surface area contributed by atoms with Crippen LogP contribution in [0.25, 0.3) is 5.69 Å². The Hall–Kier alpha value is -3.65. The first-order valence-corrected chi connectivity index (χ1v) is 11.4. The number of fused-ring (bicyclic) bond motifs is 1. The summed E-state index contributed by atoms with van der Waals surface area (Å²) in [7, 11) is 0. The fraction of sp³-hybridized carbons (Fsp3) is 0.320. The molecule has 0 unspecified atom stereocenters. The van der Waals surface area contributed by atoms with E-state index >= 15 is 0 Å². The van der Waals surface area contributed by atoms with Crippen LogP contribution in [-0.2, 0) is 17.8 Å². The number of carbonyl (C=O) groups is 2. The SMILES string of the molecule is O=C(NCc1cccc(-n2cccn2)c1)N1CCN(CC(=O)N2CCc3ccccc32)CC1. The first-order valence-electron chi connectivity index (χ1n) is 11.4. The first-order chi connectivity index (χ1) is 16.2. The third kappa shape index (κ3) is 4.75. The molecule has 0 atom stereocenters. The third-order valence-corrected chi connectivity index (χ3v) is 6.33. The topological polar surface area (TPSA) is 73.7 Å². The summed E-state index contributed by atoms with van der Waals surface area (Å²) in [6, 6.07) is 17.9. The third-order valence-electron chi connectivity index (χ3n) is 6.33. The van der Waals surface area contributed by atoms with E-state index in [0.717, 1.165) is 29.9 Å². The average molecular weight is 445 g/mol. The molecule has 0 bridgehead atoms. The molecule has 8 heteroatoms. The van der Waals surface area contributed by atoms with Crippen LogP contribution in [0.4, 0.5) is 10.5 Å². The molecule has 2 aliphatic rings. The zero-order valence-corrected chi connectivity index (χ0v) is 18.6. The monoisotopic (exact) mass is 444 g/mol. The molecule has 5 rings (SSSR count). The van der Waals surface area contributed by atoms with E-state index in [1.807, 2.05) is 64.5 Å². The van der Waals surface area contributed by atoms with Gasteiger partial charge in [0.25, 0.3) is 0 Å². The second-order valence-corrected chi connectivity index (χ2v) is 8.47. The number of piperazine rings is 1. The van der Waals surface area contributed by atoms with Crippen LogP contribution >= 0.6 is 0 Å². The van der Waals surface area contributed by atoms with Crippen molar-refractivity contribution in [2.45, 2.75) is 13.0 Å². The van der Waals surface area contributed by atoms with E-state index in [9.17, 15) is 9.59 Å². The Labute approximate surface area is 193 Å². The number of nitrogens with one attached hydrogen (secondary N) is 1. The van der Waals surface area contributed by atoms with Crippen molar-refractivity contribution in [3.05, 3.63) is 78.1 Å². The molecular weight excluding hydrogens is 416 g/mol. The number of aromatic nitrogens is 2. The number of urea groups is 1. The van der Waals surface area contributed by atoms with Crippen molar-refractivity contribution < 1.29 is 9.59 Å². The minimum Gasteiger partial charge on any atom is -0.334 e. The van der Waals surface area contributed by atoms with Crippen molar-refractivity contribution in [3.8, 4) is 5.69 Å². The van der Waals surface area contributed by atoms with E-state index in [2.05, 4.69) is 21.4 Å². The highest BCUT2D eigenvalue weighted by atomic mass is 16.2. The molecule has 3 amide bonds. The minimum absolute atomic E-state index is 0.0704. The lowest BCUT2D eigenvalue weighted by atomic mass is 10.2. The van der Waals surface area contributed by atoms with Gasteiger partial charge in [0.1, 0.15) is 0 Å². The quantitative estimate of drug-likeness (QED) is 0.655. The lowest BCUT2D eigenvalue weighted by Gasteiger charge is -2.35. The van der Waals surface area contributed by atoms with Gasteiger partial charge in [-0.15, -0.1) is 0 Å². The smallest absolute Gasteiger partial charge is 0.317 e. The van der Waals surface area contributed by atoms with Crippen molar-refractivity contribution in [2.75, 3.05) is 44.2 Å². The summed E-state index contributed by atoms with van der Waals surface area (Å²) in [6.45, 7) is 4.23. The van der Waals surface area contributed by atoms with Crippen molar-refractivity contribution in [1.82, 2.24) is 24.9 Å². The van der Waals surface area contributed by atoms with Crippen LogP contribution in [0, 0.1) is 0 Å². The van der Waals surface area contributed by atoms with Gasteiger partial charge in [-0.05, 0) is 41.8 Å². The maximum atomic E-state index is 12.8. The van der Waals surface area contributed by atoms with Gasteiger partial charge in [-0.25, -0.2) is 9.48 Å². The summed E-state index contributed by atoms with van der Waals surface area (Å²) in [5, 5.41) is 7.27. The highest BCUT2D eigenvalue weighted by Crippen LogP contribution is 2.27. The first kappa shape index (κ1) is 21.2. The molecule has 0 radical (unpaired) electrons. The van der Waals surface area contributed by atoms with Gasteiger partial charge in [0.2, 0.25) is 5.91 Å². The Kier molecular flexibility index (Phi) is 6.08. The summed E-state index contributed by atoms with van der Waals surface area (Å²) >= 11 is 0. The zero-order chi connectivity index (χ0) is 22.6. The van der Waals surface area contributed by atoms with Crippen LogP contribution in [0.1, 0.15) is 11.1 Å². The minimum atomic E-state index is -0.0704. The number of hydrogen-bond acceptors (Lipinski definition) is 4. The fourth-order valence-corrected chi connectivity index (χ4v) is 4.50. The number of carbonyl (C=O) groups excluding carboxylic acids is 2. The molecule has 0 saturated carbocycles. The summed E-state index contributed by atoms with van der Waals surface area (Å²) in [5.41, 5.74) is 4.26. The molecule has 33 heavy (non-hydrogen) atoms. The van der Waals surface area contributed by atoms with Crippen molar-refractivity contribution in [2.24, 2.45) is 0 Å². The largest absolute Gasteiger partial charge is 0.334 e. The molecule has 0 aliphatic carbocycles. The van der Waals surface area contributed by atoms with E-state index < -0.39 is 0 Å². The molecule has 1 fully saturated rings. The van der Waals surface area contributed by atoms with Gasteiger partial charge in [0.15, 0.2) is 0 Å². The number of nitrogens with zero attached hydrogens (tertiary/aromatic N) is 5. The molecule has 3 heterocycles. The highest BCUT2D eigenvalue weighted by Gasteiger charge is 2.27. The Morgan fingerprint density at radius 3 is 2.61 bits per heavy atom. The van der Waals surface area contributed by atoms with Gasteiger partial charge in [-0.3, -0.25) is 9.69 Å². The molecule has 1 N–H and O–H groups in total. The summed E-state index contributed by atoms with van der Waals surface area (Å²) in [6.07, 6.45) is 4.55. The van der Waals surface area contributed by atoms with Crippen LogP contribution in [-0.4, -0.2) is 70.8 Å². The molecule has 8 nitrogen and oxygen atoms in total. The number of benzene rings is 2. The standard InChI is InChI=1S/C25H28N6O2/c32-24(30-12-9-21-6-1-2-8-23(21)30)19-28-13-15-29(16-14-28)25(33)26-18-20-5-3-7-22(17-20)31-11-4-10-27-31/h1-8,10-11,17H,9,12-16,18-19H2,(H,26,33). The average Bonchev–Trinajstić information content (AvgIpc) is 3.54. The maximum absolute atomic E-state index is 12.8. The van der Waals surface area contributed by atoms with Gasteiger partial charge in [0.05, 0.1) is 12.2 Å². The van der Waals surface area contributed by atoms with Crippen molar-refractivity contribution in [1.29, 1.82) is 0 Å². The predicted molar refractivity (Wildman–Crippen MR) is 126 cm³/mol. The number of rotatable bonds is 5. The lowest BCUT2D eigenvalue weighted by Crippen LogP contribution is -2.53. The molecule has 0 spiro atoms. The zero-order valence-electron chi connectivity index (χ0n) is 18.6. The van der Waals surface area contributed by atoms with Gasteiger partial charge in [0, 0.05) is 57.3 Å². The predicted octanol–water partition coefficient (Wildman–Crippen LogP) is 2.29. The summed E-state index contributed by atoms with van der Waals surface area (Å²) in [5.74, 6) is 0.134. The van der Waals surface area contributed by atoms with Crippen molar-refractivity contribution >= 4 is 17.6 Å². The second-order valence-electron chi connectivity index (χ2n) is 8.47. The summed E-state index contributed by atoms with van der Waals surface area (Å²) in [4.78, 5) is 31.4. The van der Waals surface area contributed by atoms with Gasteiger partial charge < -0.3 is 15.1 Å². The highest BCUT2D eigenvalue weighted by molar-refractivity contribution is 5.96. The molecule has 2 aliphatic heterocycles. The normalized spacial score (nSPS) is 16.0. The Morgan fingerprint density at radius 2 is 1.79 bits per heavy atom. The Balaban J connectivity index is 1.09. The molecular formula is C25H28N6O2. The van der Waals surface area contributed by atoms with Crippen LogP contribution in [0.15, 0.2) is 67.0 Å². The van der Waals surface area contributed by atoms with Crippen LogP contribution < -0.4 is 10.2 Å². The van der Waals surface area contributed by atoms with Crippen LogP contribution in [0.5, 0.6) is 0 Å². The second kappa shape index (κ2) is 9.46. The molecule has 1 saturated heterocycles. The van der Waals surface area contributed by atoms with Crippen LogP contribution in [0.3, 0.4) is 0 Å². The van der Waals surface area contributed by atoms with Crippen molar-refractivity contribution in [3.63, 3.8) is 0 Å². The van der Waals surface area contributed by atoms with E-state index in [1.54, 1.807) is 10.9 Å². The fourth-order valence-electron chi connectivity index (χ4n) is 4.50.